The molecule has 2 rings (SSSR count). The number of aryl methyl sites for hydroxylation is 1. The quantitative estimate of drug-likeness (QED) is 0.646. The van der Waals surface area contributed by atoms with Crippen LogP contribution in [0.15, 0.2) is 27.4 Å². The van der Waals surface area contributed by atoms with E-state index in [0.29, 0.717) is 5.56 Å². The molecule has 0 radical (unpaired) electrons. The van der Waals surface area contributed by atoms with E-state index in [1.54, 1.807) is 0 Å². The molecule has 90 valence electrons. The van der Waals surface area contributed by atoms with Crippen LogP contribution >= 0.6 is 0 Å². The summed E-state index contributed by atoms with van der Waals surface area (Å²) in [6, 6.07) is 6.06. The van der Waals surface area contributed by atoms with Gasteiger partial charge in [0.15, 0.2) is 0 Å². The second-order valence-corrected chi connectivity index (χ2v) is 5.57. The second kappa shape index (κ2) is 3.73. The maximum absolute atomic E-state index is 11.8. The summed E-state index contributed by atoms with van der Waals surface area (Å²) in [6.07, 6.45) is 0. The van der Waals surface area contributed by atoms with Gasteiger partial charge in [-0.1, -0.05) is 39.0 Å². The second-order valence-electron chi connectivity index (χ2n) is 5.57. The van der Waals surface area contributed by atoms with E-state index in [2.05, 4.69) is 20.8 Å². The highest BCUT2D eigenvalue weighted by Gasteiger charge is 2.20. The molecule has 0 amide bonds. The molecule has 0 saturated heterocycles. The van der Waals surface area contributed by atoms with Gasteiger partial charge in [-0.05, 0) is 24.8 Å². The molecule has 1 heterocycles. The van der Waals surface area contributed by atoms with Gasteiger partial charge < -0.3 is 4.42 Å². The summed E-state index contributed by atoms with van der Waals surface area (Å²) in [5.41, 5.74) is 3.26. The van der Waals surface area contributed by atoms with E-state index >= 15 is 0 Å². The Hall–Kier alpha value is -1.57. The molecule has 0 saturated carbocycles. The fourth-order valence-corrected chi connectivity index (χ4v) is 2.06. The monoisotopic (exact) mass is 230 g/mol. The van der Waals surface area contributed by atoms with Crippen LogP contribution < -0.4 is 5.63 Å². The van der Waals surface area contributed by atoms with Gasteiger partial charge in [-0.3, -0.25) is 0 Å². The Morgan fingerprint density at radius 1 is 1.06 bits per heavy atom. The highest BCUT2D eigenvalue weighted by molar-refractivity contribution is 5.84. The molecule has 1 aromatic carbocycles. The molecule has 0 atom stereocenters. The Balaban J connectivity index is 2.97. The van der Waals surface area contributed by atoms with Gasteiger partial charge in [-0.15, -0.1) is 0 Å². The molecule has 1 aromatic heterocycles. The fraction of sp³-hybridized carbons (Fsp3) is 0.400. The first-order valence-corrected chi connectivity index (χ1v) is 5.86. The summed E-state index contributed by atoms with van der Waals surface area (Å²) in [7, 11) is 0. The van der Waals surface area contributed by atoms with Crippen LogP contribution in [0, 0.1) is 13.8 Å². The van der Waals surface area contributed by atoms with Crippen LogP contribution in [0.4, 0.5) is 0 Å². The number of rotatable bonds is 0. The molecule has 17 heavy (non-hydrogen) atoms. The van der Waals surface area contributed by atoms with E-state index in [1.165, 1.54) is 0 Å². The van der Waals surface area contributed by atoms with E-state index in [0.717, 1.165) is 22.1 Å². The van der Waals surface area contributed by atoms with Crippen molar-refractivity contribution in [3.63, 3.8) is 0 Å². The summed E-state index contributed by atoms with van der Waals surface area (Å²) >= 11 is 0. The van der Waals surface area contributed by atoms with Crippen LogP contribution in [0.5, 0.6) is 0 Å². The standard InChI is InChI=1S/C15H18O2/c1-9-10(2)14(16)17-13-11(9)7-6-8-12(13)15(3,4)5/h6-8H,1-5H3. The van der Waals surface area contributed by atoms with Crippen molar-refractivity contribution in [2.45, 2.75) is 40.0 Å². The molecule has 0 N–H and O–H groups in total. The highest BCUT2D eigenvalue weighted by Crippen LogP contribution is 2.30. The number of benzene rings is 1. The van der Waals surface area contributed by atoms with Crippen molar-refractivity contribution >= 4 is 11.0 Å². The summed E-state index contributed by atoms with van der Waals surface area (Å²) in [5.74, 6) is 0. The molecule has 0 unspecified atom stereocenters. The van der Waals surface area contributed by atoms with Gasteiger partial charge in [0.2, 0.25) is 0 Å². The van der Waals surface area contributed by atoms with Crippen molar-refractivity contribution in [2.75, 3.05) is 0 Å². The minimum atomic E-state index is -0.230. The van der Waals surface area contributed by atoms with Gasteiger partial charge in [0.05, 0.1) is 0 Å². The average Bonchev–Trinajstić information content (AvgIpc) is 2.24. The van der Waals surface area contributed by atoms with Crippen molar-refractivity contribution < 1.29 is 4.42 Å². The van der Waals surface area contributed by atoms with E-state index in [-0.39, 0.29) is 11.0 Å². The first-order chi connectivity index (χ1) is 7.82. The zero-order valence-corrected chi connectivity index (χ0v) is 11.0. The van der Waals surface area contributed by atoms with Gasteiger partial charge in [-0.2, -0.15) is 0 Å². The number of fused-ring (bicyclic) bond motifs is 1. The van der Waals surface area contributed by atoms with Gasteiger partial charge in [0.1, 0.15) is 5.58 Å². The lowest BCUT2D eigenvalue weighted by Gasteiger charge is -2.20. The van der Waals surface area contributed by atoms with Crippen LogP contribution in [0.1, 0.15) is 37.5 Å². The predicted octanol–water partition coefficient (Wildman–Crippen LogP) is 3.71. The Morgan fingerprint density at radius 3 is 2.29 bits per heavy atom. The number of hydrogen-bond donors (Lipinski definition) is 0. The number of para-hydroxylation sites is 1. The van der Waals surface area contributed by atoms with Crippen molar-refractivity contribution in [1.29, 1.82) is 0 Å². The Kier molecular flexibility index (Phi) is 2.61. The lowest BCUT2D eigenvalue weighted by Crippen LogP contribution is -2.14. The van der Waals surface area contributed by atoms with Gasteiger partial charge >= 0.3 is 5.63 Å². The van der Waals surface area contributed by atoms with Crippen LogP contribution in [-0.2, 0) is 5.41 Å². The van der Waals surface area contributed by atoms with Gasteiger partial charge in [-0.25, -0.2) is 4.79 Å². The molecule has 0 aliphatic carbocycles. The molecule has 0 fully saturated rings. The first-order valence-electron chi connectivity index (χ1n) is 5.86. The Morgan fingerprint density at radius 2 is 1.71 bits per heavy atom. The molecule has 2 nitrogen and oxygen atoms in total. The highest BCUT2D eigenvalue weighted by atomic mass is 16.4. The SMILES string of the molecule is Cc1c(C)c2cccc(C(C)(C)C)c2oc1=O. The predicted molar refractivity (Wildman–Crippen MR) is 70.7 cm³/mol. The van der Waals surface area contributed by atoms with Crippen molar-refractivity contribution in [3.05, 3.63) is 45.3 Å². The third-order valence-corrected chi connectivity index (χ3v) is 3.29. The molecular weight excluding hydrogens is 212 g/mol. The molecule has 0 aliphatic heterocycles. The third-order valence-electron chi connectivity index (χ3n) is 3.29. The maximum Gasteiger partial charge on any atom is 0.339 e. The summed E-state index contributed by atoms with van der Waals surface area (Å²) < 4.78 is 5.48. The molecule has 2 heteroatoms. The van der Waals surface area contributed by atoms with Crippen molar-refractivity contribution in [3.8, 4) is 0 Å². The van der Waals surface area contributed by atoms with Gasteiger partial charge in [0, 0.05) is 16.5 Å². The zero-order chi connectivity index (χ0) is 12.8. The normalized spacial score (nSPS) is 12.1. The van der Waals surface area contributed by atoms with Crippen LogP contribution in [0.2, 0.25) is 0 Å². The first kappa shape index (κ1) is 11.9. The molecular formula is C15H18O2. The Bertz CT molecular complexity index is 628. The van der Waals surface area contributed by atoms with E-state index in [9.17, 15) is 4.79 Å². The third kappa shape index (κ3) is 1.88. The number of hydrogen-bond acceptors (Lipinski definition) is 2. The average molecular weight is 230 g/mol. The topological polar surface area (TPSA) is 30.2 Å². The molecule has 0 bridgehead atoms. The minimum Gasteiger partial charge on any atom is -0.422 e. The summed E-state index contributed by atoms with van der Waals surface area (Å²) in [6.45, 7) is 10.1. The van der Waals surface area contributed by atoms with Crippen molar-refractivity contribution in [1.82, 2.24) is 0 Å². The van der Waals surface area contributed by atoms with Crippen LogP contribution in [0.25, 0.3) is 11.0 Å². The van der Waals surface area contributed by atoms with E-state index in [4.69, 9.17) is 4.42 Å². The van der Waals surface area contributed by atoms with Gasteiger partial charge in [0.25, 0.3) is 0 Å². The minimum absolute atomic E-state index is 0.0306. The Labute approximate surface area is 101 Å². The molecule has 0 aliphatic rings. The van der Waals surface area contributed by atoms with Crippen LogP contribution in [0.3, 0.4) is 0 Å². The summed E-state index contributed by atoms with van der Waals surface area (Å²) in [5, 5.41) is 1.04. The summed E-state index contributed by atoms with van der Waals surface area (Å²) in [4.78, 5) is 11.8. The van der Waals surface area contributed by atoms with Crippen LogP contribution in [-0.4, -0.2) is 0 Å². The van der Waals surface area contributed by atoms with Crippen molar-refractivity contribution in [2.24, 2.45) is 0 Å². The largest absolute Gasteiger partial charge is 0.422 e. The lowest BCUT2D eigenvalue weighted by atomic mass is 9.85. The maximum atomic E-state index is 11.8. The smallest absolute Gasteiger partial charge is 0.339 e. The van der Waals surface area contributed by atoms with E-state index < -0.39 is 0 Å². The molecule has 2 aromatic rings. The lowest BCUT2D eigenvalue weighted by molar-refractivity contribution is 0.525. The fourth-order valence-electron chi connectivity index (χ4n) is 2.06. The zero-order valence-electron chi connectivity index (χ0n) is 11.0. The van der Waals surface area contributed by atoms with E-state index in [1.807, 2.05) is 32.0 Å². The molecule has 0 spiro atoms.